The average Bonchev–Trinajstić information content (AvgIpc) is 3.04. The first-order valence-electron chi connectivity index (χ1n) is 8.11. The van der Waals surface area contributed by atoms with Gasteiger partial charge in [-0.05, 0) is 62.7 Å². The zero-order valence-corrected chi connectivity index (χ0v) is 16.6. The van der Waals surface area contributed by atoms with Crippen LogP contribution in [0.15, 0.2) is 51.6 Å². The Labute approximate surface area is 160 Å². The van der Waals surface area contributed by atoms with E-state index in [4.69, 9.17) is 4.74 Å². The van der Waals surface area contributed by atoms with Crippen molar-refractivity contribution in [1.29, 1.82) is 0 Å². The summed E-state index contributed by atoms with van der Waals surface area (Å²) in [4.78, 5) is 24.3. The van der Waals surface area contributed by atoms with Crippen molar-refractivity contribution in [2.45, 2.75) is 20.8 Å². The van der Waals surface area contributed by atoms with Gasteiger partial charge in [0.1, 0.15) is 0 Å². The van der Waals surface area contributed by atoms with Gasteiger partial charge in [0, 0.05) is 27.2 Å². The van der Waals surface area contributed by atoms with Crippen LogP contribution in [0.5, 0.6) is 0 Å². The summed E-state index contributed by atoms with van der Waals surface area (Å²) in [6, 6.07) is 10.0. The van der Waals surface area contributed by atoms with Gasteiger partial charge in [0.2, 0.25) is 0 Å². The van der Waals surface area contributed by atoms with Gasteiger partial charge in [0.25, 0.3) is 5.91 Å². The fourth-order valence-corrected chi connectivity index (χ4v) is 3.46. The van der Waals surface area contributed by atoms with E-state index < -0.39 is 5.97 Å². The molecule has 0 spiro atoms. The number of carbonyl (C=O) groups is 2. The van der Waals surface area contributed by atoms with E-state index in [1.807, 2.05) is 44.2 Å². The molecule has 0 unspecified atom stereocenters. The molecule has 3 rings (SSSR count). The van der Waals surface area contributed by atoms with Gasteiger partial charge in [-0.1, -0.05) is 15.9 Å². The highest BCUT2D eigenvalue weighted by atomic mass is 79.9. The molecule has 0 bridgehead atoms. The molecular weight excluding hydrogens is 396 g/mol. The molecule has 5 nitrogen and oxygen atoms in total. The third kappa shape index (κ3) is 3.12. The van der Waals surface area contributed by atoms with Gasteiger partial charge in [-0.25, -0.2) is 4.79 Å². The highest BCUT2D eigenvalue weighted by Gasteiger charge is 2.31. The summed E-state index contributed by atoms with van der Waals surface area (Å²) in [7, 11) is 1.31. The van der Waals surface area contributed by atoms with Crippen molar-refractivity contribution in [3.05, 3.63) is 68.6 Å². The van der Waals surface area contributed by atoms with Crippen molar-refractivity contribution in [2.75, 3.05) is 7.11 Å². The second-order valence-electron chi connectivity index (χ2n) is 6.14. The summed E-state index contributed by atoms with van der Waals surface area (Å²) in [5, 5.41) is 2.69. The number of hydrogen-bond donors (Lipinski definition) is 1. The predicted molar refractivity (Wildman–Crippen MR) is 104 cm³/mol. The summed E-state index contributed by atoms with van der Waals surface area (Å²) in [6.45, 7) is 5.69. The van der Waals surface area contributed by atoms with Crippen LogP contribution >= 0.6 is 15.9 Å². The number of esters is 1. The molecule has 1 N–H and O–H groups in total. The van der Waals surface area contributed by atoms with E-state index in [1.165, 1.54) is 7.11 Å². The Bertz CT molecular complexity index is 966. The smallest absolute Gasteiger partial charge is 0.340 e. The molecule has 134 valence electrons. The number of aromatic nitrogens is 1. The van der Waals surface area contributed by atoms with Crippen LogP contribution in [-0.4, -0.2) is 23.6 Å². The first-order valence-corrected chi connectivity index (χ1v) is 8.90. The number of rotatable bonds is 3. The fraction of sp³-hybridized carbons (Fsp3) is 0.200. The molecule has 0 atom stereocenters. The second-order valence-corrected chi connectivity index (χ2v) is 7.06. The molecule has 1 aliphatic rings. The molecule has 2 heterocycles. The van der Waals surface area contributed by atoms with Gasteiger partial charge < -0.3 is 14.6 Å². The lowest BCUT2D eigenvalue weighted by atomic mass is 10.0. The van der Waals surface area contributed by atoms with Gasteiger partial charge in [0.05, 0.1) is 18.3 Å². The number of ether oxygens (including phenoxy) is 1. The maximum atomic E-state index is 12.3. The van der Waals surface area contributed by atoms with E-state index in [1.54, 1.807) is 13.0 Å². The van der Waals surface area contributed by atoms with Crippen molar-refractivity contribution in [2.24, 2.45) is 0 Å². The molecule has 0 fully saturated rings. The summed E-state index contributed by atoms with van der Waals surface area (Å²) >= 11 is 3.45. The number of benzene rings is 1. The van der Waals surface area contributed by atoms with Crippen LogP contribution in [0, 0.1) is 13.8 Å². The van der Waals surface area contributed by atoms with E-state index >= 15 is 0 Å². The number of nitrogens with zero attached hydrogens (tertiary/aromatic N) is 1. The van der Waals surface area contributed by atoms with Gasteiger partial charge in [-0.15, -0.1) is 0 Å². The molecule has 0 saturated carbocycles. The quantitative estimate of drug-likeness (QED) is 0.613. The molecule has 1 aliphatic heterocycles. The van der Waals surface area contributed by atoms with Gasteiger partial charge in [0.15, 0.2) is 0 Å². The molecule has 0 aliphatic carbocycles. The first kappa shape index (κ1) is 18.2. The van der Waals surface area contributed by atoms with Crippen molar-refractivity contribution in [1.82, 2.24) is 9.88 Å². The molecule has 26 heavy (non-hydrogen) atoms. The summed E-state index contributed by atoms with van der Waals surface area (Å²) in [5.74, 6) is -0.815. The summed E-state index contributed by atoms with van der Waals surface area (Å²) in [6.07, 6.45) is 1.75. The Morgan fingerprint density at radius 3 is 2.46 bits per heavy atom. The number of hydrogen-bond acceptors (Lipinski definition) is 3. The third-order valence-corrected chi connectivity index (χ3v) is 4.96. The summed E-state index contributed by atoms with van der Waals surface area (Å²) in [5.41, 5.74) is 5.05. The van der Waals surface area contributed by atoms with Crippen LogP contribution in [0.25, 0.3) is 11.8 Å². The van der Waals surface area contributed by atoms with Crippen LogP contribution in [0.2, 0.25) is 0 Å². The number of halogens is 1. The lowest BCUT2D eigenvalue weighted by Crippen LogP contribution is -2.15. The maximum Gasteiger partial charge on any atom is 0.340 e. The Hall–Kier alpha value is -2.60. The Balaban J connectivity index is 2.10. The lowest BCUT2D eigenvalue weighted by molar-refractivity contribution is -0.136. The molecule has 0 saturated heterocycles. The van der Waals surface area contributed by atoms with Gasteiger partial charge >= 0.3 is 5.97 Å². The number of carbonyl (C=O) groups excluding carboxylic acids is 2. The standard InChI is InChI=1S/C20H19BrN2O3/c1-11-9-14(13(3)23(11)16-7-5-15(21)6-8-16)10-17-18(20(25)26-4)12(2)22-19(17)24/h5-10H,1-4H3,(H,22,24). The Kier molecular flexibility index (Phi) is 4.87. The number of nitrogens with one attached hydrogen (secondary N) is 1. The maximum absolute atomic E-state index is 12.3. The molecule has 1 amide bonds. The molecule has 1 aromatic heterocycles. The van der Waals surface area contributed by atoms with E-state index in [9.17, 15) is 9.59 Å². The van der Waals surface area contributed by atoms with Crippen molar-refractivity contribution in [3.63, 3.8) is 0 Å². The van der Waals surface area contributed by atoms with E-state index in [0.717, 1.165) is 27.1 Å². The number of amides is 1. The van der Waals surface area contributed by atoms with Crippen LogP contribution in [-0.2, 0) is 14.3 Å². The normalized spacial score (nSPS) is 15.6. The minimum Gasteiger partial charge on any atom is -0.465 e. The van der Waals surface area contributed by atoms with Crippen LogP contribution in [0.1, 0.15) is 23.9 Å². The fourth-order valence-electron chi connectivity index (χ4n) is 3.20. The largest absolute Gasteiger partial charge is 0.465 e. The van der Waals surface area contributed by atoms with Crippen LogP contribution in [0.3, 0.4) is 0 Å². The zero-order valence-electron chi connectivity index (χ0n) is 15.0. The van der Waals surface area contributed by atoms with Gasteiger partial charge in [-0.2, -0.15) is 0 Å². The second kappa shape index (κ2) is 6.96. The molecule has 1 aromatic carbocycles. The zero-order chi connectivity index (χ0) is 19.0. The van der Waals surface area contributed by atoms with Crippen molar-refractivity contribution in [3.8, 4) is 5.69 Å². The monoisotopic (exact) mass is 414 g/mol. The predicted octanol–water partition coefficient (Wildman–Crippen LogP) is 3.82. The highest BCUT2D eigenvalue weighted by molar-refractivity contribution is 9.10. The van der Waals surface area contributed by atoms with Crippen molar-refractivity contribution >= 4 is 33.9 Å². The summed E-state index contributed by atoms with van der Waals surface area (Å²) < 4.78 is 7.94. The first-order chi connectivity index (χ1) is 12.3. The number of methoxy groups -OCH3 is 1. The SMILES string of the molecule is COC(=O)C1=C(C)NC(=O)C1=Cc1cc(C)n(-c2ccc(Br)cc2)c1C. The molecule has 0 radical (unpaired) electrons. The molecule has 2 aromatic rings. The molecular formula is C20H19BrN2O3. The Morgan fingerprint density at radius 1 is 1.19 bits per heavy atom. The number of allylic oxidation sites excluding steroid dienone is 1. The topological polar surface area (TPSA) is 60.3 Å². The van der Waals surface area contributed by atoms with E-state index in [-0.39, 0.29) is 11.5 Å². The van der Waals surface area contributed by atoms with Gasteiger partial charge in [-0.3, -0.25) is 4.79 Å². The van der Waals surface area contributed by atoms with E-state index in [0.29, 0.717) is 11.3 Å². The number of aryl methyl sites for hydroxylation is 1. The average molecular weight is 415 g/mol. The third-order valence-electron chi connectivity index (χ3n) is 4.43. The van der Waals surface area contributed by atoms with E-state index in [2.05, 4.69) is 25.8 Å². The minimum atomic E-state index is -0.520. The van der Waals surface area contributed by atoms with Crippen molar-refractivity contribution < 1.29 is 14.3 Å². The Morgan fingerprint density at radius 2 is 1.85 bits per heavy atom. The highest BCUT2D eigenvalue weighted by Crippen LogP contribution is 2.28. The lowest BCUT2D eigenvalue weighted by Gasteiger charge is -2.10. The van der Waals surface area contributed by atoms with Crippen LogP contribution < -0.4 is 5.32 Å². The van der Waals surface area contributed by atoms with Crippen LogP contribution in [0.4, 0.5) is 0 Å². The minimum absolute atomic E-state index is 0.283. The molecule has 6 heteroatoms.